The summed E-state index contributed by atoms with van der Waals surface area (Å²) in [6, 6.07) is 10.8. The normalized spacial score (nSPS) is 23.8. The van der Waals surface area contributed by atoms with E-state index in [4.69, 9.17) is 14.2 Å². The second-order valence-electron chi connectivity index (χ2n) is 10.8. The Hall–Kier alpha value is -3.01. The summed E-state index contributed by atoms with van der Waals surface area (Å²) >= 11 is 0. The number of carbonyl (C=O) groups is 2. The number of methoxy groups -OCH3 is 1. The number of hydrogen-bond acceptors (Lipinski definition) is 6. The molecule has 2 aliphatic heterocycles. The summed E-state index contributed by atoms with van der Waals surface area (Å²) in [5.41, 5.74) is 0.640. The molecule has 9 heteroatoms. The smallest absolute Gasteiger partial charge is 0.258 e. The third kappa shape index (κ3) is 7.35. The molecule has 0 aromatic heterocycles. The molecule has 2 heterocycles. The van der Waals surface area contributed by atoms with Gasteiger partial charge in [-0.15, -0.1) is 0 Å². The lowest BCUT2D eigenvalue weighted by Gasteiger charge is -2.38. The quantitative estimate of drug-likeness (QED) is 0.608. The SMILES string of the molecule is CO[C@H]1CN(C)C(=O)c2cc(NC(=O)c3ccccc3F)ccc2OC[C@@H](C)N(CC2CCOCC2)C[C@H]1C. The van der Waals surface area contributed by atoms with E-state index in [1.54, 1.807) is 43.3 Å². The van der Waals surface area contributed by atoms with Crippen molar-refractivity contribution in [2.24, 2.45) is 11.8 Å². The molecule has 2 aliphatic rings. The van der Waals surface area contributed by atoms with E-state index >= 15 is 0 Å². The molecule has 8 nitrogen and oxygen atoms in total. The van der Waals surface area contributed by atoms with Gasteiger partial charge in [-0.3, -0.25) is 14.5 Å². The number of ether oxygens (including phenoxy) is 3. The Morgan fingerprint density at radius 3 is 2.59 bits per heavy atom. The number of nitrogens with zero attached hydrogens (tertiary/aromatic N) is 2. The molecule has 2 amide bonds. The standard InChI is InChI=1S/C30H40FN3O5/c1-20-16-34(17-22-11-13-38-14-12-22)21(2)19-39-27-10-9-23(32-29(35)24-7-5-6-8-26(24)31)15-25(27)30(36)33(3)18-28(20)37-4/h5-10,15,20-22,28H,11-14,16-19H2,1-4H3,(H,32,35)/t20-,21-,28+/m1/s1. The van der Waals surface area contributed by atoms with Gasteiger partial charge in [0.1, 0.15) is 18.2 Å². The topological polar surface area (TPSA) is 80.3 Å². The fraction of sp³-hybridized carbons (Fsp3) is 0.533. The molecule has 1 fully saturated rings. The highest BCUT2D eigenvalue weighted by molar-refractivity contribution is 6.05. The van der Waals surface area contributed by atoms with Crippen LogP contribution in [0, 0.1) is 17.7 Å². The monoisotopic (exact) mass is 541 g/mol. The first kappa shape index (κ1) is 29.0. The maximum atomic E-state index is 14.1. The summed E-state index contributed by atoms with van der Waals surface area (Å²) < 4.78 is 31.8. The average molecular weight is 542 g/mol. The Morgan fingerprint density at radius 1 is 1.13 bits per heavy atom. The van der Waals surface area contributed by atoms with Crippen LogP contribution >= 0.6 is 0 Å². The summed E-state index contributed by atoms with van der Waals surface area (Å²) in [7, 11) is 3.43. The lowest BCUT2D eigenvalue weighted by atomic mass is 9.96. The predicted molar refractivity (Wildman–Crippen MR) is 148 cm³/mol. The number of carbonyl (C=O) groups excluding carboxylic acids is 2. The minimum absolute atomic E-state index is 0.0691. The van der Waals surface area contributed by atoms with Crippen LogP contribution in [0.15, 0.2) is 42.5 Å². The average Bonchev–Trinajstić information content (AvgIpc) is 2.94. The number of likely N-dealkylation sites (N-methyl/N-ethyl adjacent to an activating group) is 1. The van der Waals surface area contributed by atoms with Crippen molar-refractivity contribution in [3.8, 4) is 5.75 Å². The van der Waals surface area contributed by atoms with E-state index in [-0.39, 0.29) is 29.5 Å². The van der Waals surface area contributed by atoms with Crippen LogP contribution in [0.25, 0.3) is 0 Å². The van der Waals surface area contributed by atoms with Gasteiger partial charge in [-0.1, -0.05) is 19.1 Å². The molecule has 212 valence electrons. The van der Waals surface area contributed by atoms with Crippen LogP contribution in [0.4, 0.5) is 10.1 Å². The Morgan fingerprint density at radius 2 is 1.87 bits per heavy atom. The van der Waals surface area contributed by atoms with E-state index in [0.29, 0.717) is 36.1 Å². The Labute approximate surface area is 230 Å². The molecule has 0 radical (unpaired) electrons. The van der Waals surface area contributed by atoms with Crippen molar-refractivity contribution in [2.75, 3.05) is 58.9 Å². The summed E-state index contributed by atoms with van der Waals surface area (Å²) in [6.07, 6.45) is 1.94. The fourth-order valence-electron chi connectivity index (χ4n) is 5.29. The van der Waals surface area contributed by atoms with Crippen LogP contribution in [-0.2, 0) is 9.47 Å². The van der Waals surface area contributed by atoms with E-state index in [1.807, 2.05) is 0 Å². The van der Waals surface area contributed by atoms with Crippen molar-refractivity contribution in [2.45, 2.75) is 38.8 Å². The van der Waals surface area contributed by atoms with Gasteiger partial charge in [0.2, 0.25) is 0 Å². The number of amides is 2. The summed E-state index contributed by atoms with van der Waals surface area (Å²) in [4.78, 5) is 30.4. The van der Waals surface area contributed by atoms with Gasteiger partial charge in [-0.2, -0.15) is 0 Å². The highest BCUT2D eigenvalue weighted by Gasteiger charge is 2.30. The molecule has 2 aromatic rings. The van der Waals surface area contributed by atoms with Crippen LogP contribution in [0.1, 0.15) is 47.4 Å². The lowest BCUT2D eigenvalue weighted by Crippen LogP contribution is -2.48. The van der Waals surface area contributed by atoms with Crippen LogP contribution in [0.5, 0.6) is 5.75 Å². The molecule has 1 N–H and O–H groups in total. The van der Waals surface area contributed by atoms with Crippen molar-refractivity contribution < 1.29 is 28.2 Å². The molecule has 0 saturated carbocycles. The number of fused-ring (bicyclic) bond motifs is 1. The Bertz CT molecular complexity index is 1140. The molecule has 3 atom stereocenters. The first-order chi connectivity index (χ1) is 18.8. The van der Waals surface area contributed by atoms with E-state index in [2.05, 4.69) is 24.1 Å². The minimum Gasteiger partial charge on any atom is -0.491 e. The molecule has 0 bridgehead atoms. The van der Waals surface area contributed by atoms with E-state index < -0.39 is 11.7 Å². The maximum absolute atomic E-state index is 14.1. The van der Waals surface area contributed by atoms with Gasteiger partial charge >= 0.3 is 0 Å². The molecule has 2 aromatic carbocycles. The zero-order chi connectivity index (χ0) is 27.9. The minimum atomic E-state index is -0.612. The zero-order valence-corrected chi connectivity index (χ0v) is 23.3. The van der Waals surface area contributed by atoms with E-state index in [9.17, 15) is 14.0 Å². The van der Waals surface area contributed by atoms with Crippen molar-refractivity contribution in [1.29, 1.82) is 0 Å². The second-order valence-corrected chi connectivity index (χ2v) is 10.8. The van der Waals surface area contributed by atoms with Crippen LogP contribution < -0.4 is 10.1 Å². The Balaban J connectivity index is 1.60. The fourth-order valence-corrected chi connectivity index (χ4v) is 5.29. The lowest BCUT2D eigenvalue weighted by molar-refractivity contribution is 0.0000222. The van der Waals surface area contributed by atoms with Crippen molar-refractivity contribution >= 4 is 17.5 Å². The van der Waals surface area contributed by atoms with Gasteiger partial charge in [0.15, 0.2) is 0 Å². The van der Waals surface area contributed by atoms with Gasteiger partial charge < -0.3 is 24.4 Å². The third-order valence-corrected chi connectivity index (χ3v) is 7.78. The molecule has 39 heavy (non-hydrogen) atoms. The molecule has 0 aliphatic carbocycles. The van der Waals surface area contributed by atoms with Crippen LogP contribution in [-0.4, -0.2) is 87.4 Å². The third-order valence-electron chi connectivity index (χ3n) is 7.78. The highest BCUT2D eigenvalue weighted by Crippen LogP contribution is 2.27. The first-order valence-electron chi connectivity index (χ1n) is 13.7. The van der Waals surface area contributed by atoms with Crippen molar-refractivity contribution in [3.63, 3.8) is 0 Å². The van der Waals surface area contributed by atoms with Crippen molar-refractivity contribution in [3.05, 3.63) is 59.4 Å². The molecule has 0 unspecified atom stereocenters. The largest absolute Gasteiger partial charge is 0.491 e. The maximum Gasteiger partial charge on any atom is 0.258 e. The summed E-state index contributed by atoms with van der Waals surface area (Å²) in [6.45, 7) is 8.50. The van der Waals surface area contributed by atoms with Gasteiger partial charge in [0.25, 0.3) is 11.8 Å². The first-order valence-corrected chi connectivity index (χ1v) is 13.7. The molecule has 4 rings (SSSR count). The number of benzene rings is 2. The van der Waals surface area contributed by atoms with E-state index in [1.165, 1.54) is 18.2 Å². The summed E-state index contributed by atoms with van der Waals surface area (Å²) in [5, 5.41) is 2.71. The number of anilines is 1. The van der Waals surface area contributed by atoms with Gasteiger partial charge in [-0.05, 0) is 61.9 Å². The van der Waals surface area contributed by atoms with Gasteiger partial charge in [0, 0.05) is 58.7 Å². The number of hydrogen-bond donors (Lipinski definition) is 1. The molecular weight excluding hydrogens is 501 g/mol. The number of nitrogens with one attached hydrogen (secondary N) is 1. The number of rotatable bonds is 5. The Kier molecular flexibility index (Phi) is 9.94. The van der Waals surface area contributed by atoms with Gasteiger partial charge in [-0.25, -0.2) is 4.39 Å². The molecular formula is C30H40FN3O5. The number of halogens is 1. The molecule has 0 spiro atoms. The summed E-state index contributed by atoms with van der Waals surface area (Å²) in [5.74, 6) is -0.255. The zero-order valence-electron chi connectivity index (χ0n) is 23.3. The van der Waals surface area contributed by atoms with E-state index in [0.717, 1.165) is 39.1 Å². The van der Waals surface area contributed by atoms with Crippen LogP contribution in [0.3, 0.4) is 0 Å². The van der Waals surface area contributed by atoms with Crippen molar-refractivity contribution in [1.82, 2.24) is 9.80 Å². The van der Waals surface area contributed by atoms with Crippen LogP contribution in [0.2, 0.25) is 0 Å². The van der Waals surface area contributed by atoms with Gasteiger partial charge in [0.05, 0.1) is 17.2 Å². The highest BCUT2D eigenvalue weighted by atomic mass is 19.1. The second kappa shape index (κ2) is 13.4. The molecule has 1 saturated heterocycles. The predicted octanol–water partition coefficient (Wildman–Crippen LogP) is 4.31.